The van der Waals surface area contributed by atoms with Crippen LogP contribution < -0.4 is 9.47 Å². The minimum atomic E-state index is -0.0474. The number of imidazole rings is 1. The van der Waals surface area contributed by atoms with Crippen molar-refractivity contribution in [3.8, 4) is 11.8 Å². The predicted molar refractivity (Wildman–Crippen MR) is 105 cm³/mol. The first-order valence-corrected chi connectivity index (χ1v) is 10.1. The fraction of sp³-hybridized carbons (Fsp3) is 0.571. The number of pyridine rings is 1. The van der Waals surface area contributed by atoms with Crippen molar-refractivity contribution in [3.63, 3.8) is 0 Å². The third kappa shape index (κ3) is 3.70. The van der Waals surface area contributed by atoms with Crippen LogP contribution in [0.25, 0.3) is 0 Å². The van der Waals surface area contributed by atoms with E-state index in [9.17, 15) is 4.79 Å². The van der Waals surface area contributed by atoms with Crippen LogP contribution in [0.1, 0.15) is 54.2 Å². The highest BCUT2D eigenvalue weighted by molar-refractivity contribution is 5.96. The Bertz CT molecular complexity index is 831. The Balaban J connectivity index is 1.50. The summed E-state index contributed by atoms with van der Waals surface area (Å²) in [6.45, 7) is 2.47. The van der Waals surface area contributed by atoms with Gasteiger partial charge >= 0.3 is 0 Å². The smallest absolute Gasteiger partial charge is 0.259 e. The van der Waals surface area contributed by atoms with Crippen molar-refractivity contribution < 1.29 is 14.3 Å². The van der Waals surface area contributed by atoms with Crippen LogP contribution in [0.3, 0.4) is 0 Å². The molecule has 4 rings (SSSR count). The van der Waals surface area contributed by atoms with Gasteiger partial charge in [0.25, 0.3) is 5.91 Å². The first kappa shape index (κ1) is 18.8. The maximum Gasteiger partial charge on any atom is 0.259 e. The van der Waals surface area contributed by atoms with E-state index in [0.717, 1.165) is 37.7 Å². The van der Waals surface area contributed by atoms with Gasteiger partial charge in [-0.15, -0.1) is 0 Å². The number of ether oxygens (including phenoxy) is 2. The van der Waals surface area contributed by atoms with Crippen LogP contribution in [0, 0.1) is 5.92 Å². The van der Waals surface area contributed by atoms with Gasteiger partial charge in [-0.1, -0.05) is 6.42 Å². The molecule has 1 aliphatic carbocycles. The molecule has 2 aliphatic rings. The molecule has 2 aromatic rings. The van der Waals surface area contributed by atoms with Gasteiger partial charge < -0.3 is 18.9 Å². The topological polar surface area (TPSA) is 69.5 Å². The Morgan fingerprint density at radius 1 is 1.18 bits per heavy atom. The molecule has 0 bridgehead atoms. The van der Waals surface area contributed by atoms with E-state index in [4.69, 9.17) is 9.47 Å². The summed E-state index contributed by atoms with van der Waals surface area (Å²) in [5.41, 5.74) is 0.474. The molecule has 28 heavy (non-hydrogen) atoms. The number of rotatable bonds is 6. The maximum atomic E-state index is 13.2. The Morgan fingerprint density at radius 3 is 2.75 bits per heavy atom. The zero-order chi connectivity index (χ0) is 19.5. The normalized spacial score (nSPS) is 19.9. The lowest BCUT2D eigenvalue weighted by Gasteiger charge is -2.34. The van der Waals surface area contributed by atoms with Crippen LogP contribution in [0.4, 0.5) is 0 Å². The Hall–Kier alpha value is -2.57. The van der Waals surface area contributed by atoms with Crippen molar-refractivity contribution >= 4 is 5.91 Å². The van der Waals surface area contributed by atoms with Crippen molar-refractivity contribution in [1.82, 2.24) is 19.4 Å². The number of piperidine rings is 1. The van der Waals surface area contributed by atoms with Crippen LogP contribution >= 0.6 is 0 Å². The molecule has 1 saturated carbocycles. The Labute approximate surface area is 165 Å². The molecule has 2 fully saturated rings. The van der Waals surface area contributed by atoms with Gasteiger partial charge in [0, 0.05) is 44.0 Å². The second-order valence-electron chi connectivity index (χ2n) is 7.74. The van der Waals surface area contributed by atoms with Crippen LogP contribution in [-0.4, -0.2) is 52.7 Å². The number of nitrogens with zero attached hydrogens (tertiary/aromatic N) is 4. The maximum absolute atomic E-state index is 13.2. The molecule has 7 heteroatoms. The molecule has 0 aromatic carbocycles. The van der Waals surface area contributed by atoms with Crippen LogP contribution in [-0.2, 0) is 6.54 Å². The summed E-state index contributed by atoms with van der Waals surface area (Å²) in [6.07, 6.45) is 9.99. The first-order valence-electron chi connectivity index (χ1n) is 10.1. The summed E-state index contributed by atoms with van der Waals surface area (Å²) < 4.78 is 12.8. The van der Waals surface area contributed by atoms with E-state index in [1.165, 1.54) is 26.4 Å². The van der Waals surface area contributed by atoms with Gasteiger partial charge in [-0.25, -0.2) is 4.98 Å². The van der Waals surface area contributed by atoms with Gasteiger partial charge in [-0.2, -0.15) is 4.98 Å². The summed E-state index contributed by atoms with van der Waals surface area (Å²) in [4.78, 5) is 23.9. The highest BCUT2D eigenvalue weighted by Crippen LogP contribution is 2.32. The number of methoxy groups -OCH3 is 2. The lowest BCUT2D eigenvalue weighted by molar-refractivity contribution is 0.0698. The fourth-order valence-electron chi connectivity index (χ4n) is 4.19. The fourth-order valence-corrected chi connectivity index (χ4v) is 4.19. The van der Waals surface area contributed by atoms with E-state index in [1.54, 1.807) is 19.2 Å². The van der Waals surface area contributed by atoms with Gasteiger partial charge in [0.2, 0.25) is 11.8 Å². The number of likely N-dealkylation sites (tertiary alicyclic amines) is 1. The second kappa shape index (κ2) is 8.20. The van der Waals surface area contributed by atoms with Crippen molar-refractivity contribution in [2.75, 3.05) is 27.3 Å². The predicted octanol–water partition coefficient (Wildman–Crippen LogP) is 3.12. The molecule has 0 N–H and O–H groups in total. The van der Waals surface area contributed by atoms with Crippen molar-refractivity contribution in [2.45, 2.75) is 44.6 Å². The van der Waals surface area contributed by atoms with Gasteiger partial charge in [0.1, 0.15) is 11.4 Å². The van der Waals surface area contributed by atoms with Crippen LogP contribution in [0.15, 0.2) is 24.5 Å². The largest absolute Gasteiger partial charge is 0.481 e. The molecule has 150 valence electrons. The number of hydrogen-bond donors (Lipinski definition) is 0. The highest BCUT2D eigenvalue weighted by atomic mass is 16.5. The zero-order valence-electron chi connectivity index (χ0n) is 16.6. The lowest BCUT2D eigenvalue weighted by Crippen LogP contribution is -2.40. The Morgan fingerprint density at radius 2 is 2.04 bits per heavy atom. The molecule has 1 atom stereocenters. The van der Waals surface area contributed by atoms with Gasteiger partial charge in [-0.05, 0) is 37.7 Å². The van der Waals surface area contributed by atoms with Crippen molar-refractivity contribution in [1.29, 1.82) is 0 Å². The number of hydrogen-bond acceptors (Lipinski definition) is 5. The summed E-state index contributed by atoms with van der Waals surface area (Å²) in [5, 5.41) is 0. The third-order valence-corrected chi connectivity index (χ3v) is 5.97. The summed E-state index contributed by atoms with van der Waals surface area (Å²) in [6, 6.07) is 3.43. The van der Waals surface area contributed by atoms with E-state index in [1.807, 2.05) is 11.1 Å². The Kier molecular flexibility index (Phi) is 5.50. The van der Waals surface area contributed by atoms with Gasteiger partial charge in [0.15, 0.2) is 0 Å². The summed E-state index contributed by atoms with van der Waals surface area (Å²) >= 11 is 0. The first-order chi connectivity index (χ1) is 13.7. The molecular formula is C21H28N4O3. The van der Waals surface area contributed by atoms with Crippen molar-refractivity contribution in [3.05, 3.63) is 35.9 Å². The van der Waals surface area contributed by atoms with E-state index in [0.29, 0.717) is 23.9 Å². The molecule has 1 aliphatic heterocycles. The van der Waals surface area contributed by atoms with Gasteiger partial charge in [0.05, 0.1) is 14.2 Å². The molecule has 2 aromatic heterocycles. The molecule has 0 unspecified atom stereocenters. The van der Waals surface area contributed by atoms with E-state index in [-0.39, 0.29) is 11.8 Å². The SMILES string of the molecule is COc1ccc(C(=O)N2CCC[C@H](c3nccn3CC3CCC3)C2)c(OC)n1. The van der Waals surface area contributed by atoms with E-state index < -0.39 is 0 Å². The molecule has 1 saturated heterocycles. The van der Waals surface area contributed by atoms with E-state index >= 15 is 0 Å². The third-order valence-electron chi connectivity index (χ3n) is 5.97. The minimum absolute atomic E-state index is 0.0474. The average Bonchev–Trinajstić information content (AvgIpc) is 3.18. The number of aromatic nitrogens is 3. The molecule has 7 nitrogen and oxygen atoms in total. The number of amides is 1. The molecule has 0 radical (unpaired) electrons. The zero-order valence-corrected chi connectivity index (χ0v) is 16.6. The minimum Gasteiger partial charge on any atom is -0.481 e. The van der Waals surface area contributed by atoms with Gasteiger partial charge in [-0.3, -0.25) is 4.79 Å². The number of carbonyl (C=O) groups is 1. The molecular weight excluding hydrogens is 356 g/mol. The number of carbonyl (C=O) groups excluding carboxylic acids is 1. The monoisotopic (exact) mass is 384 g/mol. The standard InChI is InChI=1S/C21H28N4O3/c1-27-18-9-8-17(20(23-18)28-2)21(26)25-11-4-7-16(14-25)19-22-10-12-24(19)13-15-5-3-6-15/h8-10,12,15-16H,3-7,11,13-14H2,1-2H3/t16-/m0/s1. The lowest BCUT2D eigenvalue weighted by atomic mass is 9.85. The second-order valence-corrected chi connectivity index (χ2v) is 7.74. The van der Waals surface area contributed by atoms with E-state index in [2.05, 4.69) is 20.7 Å². The van der Waals surface area contributed by atoms with Crippen LogP contribution in [0.2, 0.25) is 0 Å². The molecule has 1 amide bonds. The summed E-state index contributed by atoms with van der Waals surface area (Å²) in [7, 11) is 3.07. The average molecular weight is 384 g/mol. The molecule has 3 heterocycles. The van der Waals surface area contributed by atoms with Crippen LogP contribution in [0.5, 0.6) is 11.8 Å². The quantitative estimate of drug-likeness (QED) is 0.765. The van der Waals surface area contributed by atoms with Crippen molar-refractivity contribution in [2.24, 2.45) is 5.92 Å². The highest BCUT2D eigenvalue weighted by Gasteiger charge is 2.30. The molecule has 0 spiro atoms. The summed E-state index contributed by atoms with van der Waals surface area (Å²) in [5.74, 6) is 2.85.